The molecule has 3 aromatic rings. The van der Waals surface area contributed by atoms with E-state index in [1.54, 1.807) is 12.3 Å². The van der Waals surface area contributed by atoms with E-state index in [1.807, 2.05) is 31.2 Å². The van der Waals surface area contributed by atoms with Gasteiger partial charge in [-0.1, -0.05) is 18.2 Å². The number of primary amides is 1. The maximum Gasteiger partial charge on any atom is 0.256 e. The molecule has 3 N–H and O–H groups in total. The molecule has 0 unspecified atom stereocenters. The summed E-state index contributed by atoms with van der Waals surface area (Å²) < 4.78 is 1.37. The molecule has 0 saturated carbocycles. The van der Waals surface area contributed by atoms with E-state index in [9.17, 15) is 9.59 Å². The number of hydrogen-bond donors (Lipinski definition) is 2. The zero-order chi connectivity index (χ0) is 16.4. The molecule has 0 spiro atoms. The molecule has 2 aromatic heterocycles. The van der Waals surface area contributed by atoms with E-state index in [0.29, 0.717) is 11.3 Å². The number of nitrogens with one attached hydrogen (secondary N) is 1. The summed E-state index contributed by atoms with van der Waals surface area (Å²) in [6.07, 6.45) is 3.02. The average molecular weight is 309 g/mol. The van der Waals surface area contributed by atoms with Crippen LogP contribution in [-0.4, -0.2) is 26.6 Å². The molecule has 7 heteroatoms. The molecule has 0 aliphatic carbocycles. The summed E-state index contributed by atoms with van der Waals surface area (Å²) >= 11 is 0. The van der Waals surface area contributed by atoms with Crippen molar-refractivity contribution >= 4 is 28.4 Å². The molecule has 1 aromatic carbocycles. The van der Waals surface area contributed by atoms with Gasteiger partial charge in [-0.2, -0.15) is 5.10 Å². The van der Waals surface area contributed by atoms with Crippen molar-refractivity contribution in [3.8, 4) is 0 Å². The minimum Gasteiger partial charge on any atom is -0.368 e. The fourth-order valence-electron chi connectivity index (χ4n) is 2.37. The molecule has 0 fully saturated rings. The minimum absolute atomic E-state index is 0.0346. The predicted octanol–water partition coefficient (Wildman–Crippen LogP) is 1.48. The van der Waals surface area contributed by atoms with E-state index < -0.39 is 5.91 Å². The highest BCUT2D eigenvalue weighted by atomic mass is 16.2. The minimum atomic E-state index is -0.498. The van der Waals surface area contributed by atoms with Gasteiger partial charge in [-0.15, -0.1) is 0 Å². The van der Waals surface area contributed by atoms with Crippen LogP contribution in [0, 0.1) is 6.92 Å². The van der Waals surface area contributed by atoms with Crippen molar-refractivity contribution in [2.45, 2.75) is 13.5 Å². The third-order valence-corrected chi connectivity index (χ3v) is 3.30. The smallest absolute Gasteiger partial charge is 0.256 e. The summed E-state index contributed by atoms with van der Waals surface area (Å²) in [5.41, 5.74) is 7.67. The van der Waals surface area contributed by atoms with Crippen LogP contribution in [-0.2, 0) is 11.3 Å². The molecular formula is C16H15N5O2. The molecule has 0 radical (unpaired) electrons. The van der Waals surface area contributed by atoms with E-state index in [4.69, 9.17) is 5.73 Å². The number of nitrogens with zero attached hydrogens (tertiary/aromatic N) is 3. The highest BCUT2D eigenvalue weighted by Gasteiger charge is 2.13. The van der Waals surface area contributed by atoms with Gasteiger partial charge in [0.25, 0.3) is 5.91 Å². The summed E-state index contributed by atoms with van der Waals surface area (Å²) in [7, 11) is 0. The molecule has 23 heavy (non-hydrogen) atoms. The van der Waals surface area contributed by atoms with Gasteiger partial charge in [0.15, 0.2) is 0 Å². The van der Waals surface area contributed by atoms with Crippen LogP contribution in [0.1, 0.15) is 16.1 Å². The van der Waals surface area contributed by atoms with E-state index in [0.717, 1.165) is 16.6 Å². The standard InChI is InChI=1S/C16H15N5O2/c1-10-6-13(12-4-2-3-5-14(12)19-10)16(23)20-11-7-18-21(8-11)9-15(17)22/h2-8H,9H2,1H3,(H2,17,22)(H,20,23). The fraction of sp³-hybridized carbons (Fsp3) is 0.125. The van der Waals surface area contributed by atoms with Crippen molar-refractivity contribution in [2.24, 2.45) is 5.73 Å². The second-order valence-corrected chi connectivity index (χ2v) is 5.18. The summed E-state index contributed by atoms with van der Waals surface area (Å²) in [5.74, 6) is -0.757. The predicted molar refractivity (Wildman–Crippen MR) is 85.9 cm³/mol. The van der Waals surface area contributed by atoms with Gasteiger partial charge in [0, 0.05) is 17.3 Å². The van der Waals surface area contributed by atoms with Crippen LogP contribution in [0.25, 0.3) is 10.9 Å². The molecule has 2 heterocycles. The molecule has 0 saturated heterocycles. The van der Waals surface area contributed by atoms with E-state index in [-0.39, 0.29) is 12.5 Å². The first-order valence-corrected chi connectivity index (χ1v) is 7.01. The number of benzene rings is 1. The molecule has 0 aliphatic heterocycles. The first-order valence-electron chi connectivity index (χ1n) is 7.01. The Morgan fingerprint density at radius 1 is 1.30 bits per heavy atom. The third kappa shape index (κ3) is 3.18. The molecule has 0 bridgehead atoms. The Labute approximate surface area is 132 Å². The van der Waals surface area contributed by atoms with Gasteiger partial charge in [0.2, 0.25) is 5.91 Å². The average Bonchev–Trinajstić information content (AvgIpc) is 2.92. The van der Waals surface area contributed by atoms with Gasteiger partial charge < -0.3 is 11.1 Å². The van der Waals surface area contributed by atoms with Crippen molar-refractivity contribution in [2.75, 3.05) is 5.32 Å². The van der Waals surface area contributed by atoms with E-state index in [2.05, 4.69) is 15.4 Å². The van der Waals surface area contributed by atoms with Crippen molar-refractivity contribution < 1.29 is 9.59 Å². The maximum atomic E-state index is 12.5. The highest BCUT2D eigenvalue weighted by Crippen LogP contribution is 2.19. The number of para-hydroxylation sites is 1. The highest BCUT2D eigenvalue weighted by molar-refractivity contribution is 6.12. The number of carbonyl (C=O) groups excluding carboxylic acids is 2. The van der Waals surface area contributed by atoms with E-state index in [1.165, 1.54) is 10.9 Å². The second kappa shape index (κ2) is 5.88. The molecule has 116 valence electrons. The molecular weight excluding hydrogens is 294 g/mol. The van der Waals surface area contributed by atoms with Gasteiger partial charge >= 0.3 is 0 Å². The lowest BCUT2D eigenvalue weighted by Gasteiger charge is -2.07. The normalized spacial score (nSPS) is 10.7. The Hall–Kier alpha value is -3.22. The van der Waals surface area contributed by atoms with Crippen molar-refractivity contribution in [1.82, 2.24) is 14.8 Å². The number of aryl methyl sites for hydroxylation is 1. The van der Waals surface area contributed by atoms with Crippen LogP contribution >= 0.6 is 0 Å². The van der Waals surface area contributed by atoms with Crippen LogP contribution in [0.4, 0.5) is 5.69 Å². The van der Waals surface area contributed by atoms with E-state index >= 15 is 0 Å². The number of carbonyl (C=O) groups is 2. The Balaban J connectivity index is 1.89. The summed E-state index contributed by atoms with van der Waals surface area (Å²) in [4.78, 5) is 27.8. The number of pyridine rings is 1. The van der Waals surface area contributed by atoms with Crippen LogP contribution in [0.15, 0.2) is 42.7 Å². The van der Waals surface area contributed by atoms with Crippen molar-refractivity contribution in [3.05, 3.63) is 54.0 Å². The molecule has 2 amide bonds. The zero-order valence-electron chi connectivity index (χ0n) is 12.5. The maximum absolute atomic E-state index is 12.5. The SMILES string of the molecule is Cc1cc(C(=O)Nc2cnn(CC(N)=O)c2)c2ccccc2n1. The third-order valence-electron chi connectivity index (χ3n) is 3.30. The van der Waals surface area contributed by atoms with Crippen LogP contribution in [0.2, 0.25) is 0 Å². The zero-order valence-corrected chi connectivity index (χ0v) is 12.5. The van der Waals surface area contributed by atoms with Crippen LogP contribution in [0.5, 0.6) is 0 Å². The number of amides is 2. The lowest BCUT2D eigenvalue weighted by Crippen LogP contribution is -2.18. The summed E-state index contributed by atoms with van der Waals surface area (Å²) in [6, 6.07) is 9.20. The molecule has 7 nitrogen and oxygen atoms in total. The number of anilines is 1. The van der Waals surface area contributed by atoms with Gasteiger partial charge in [0.05, 0.1) is 23.0 Å². The number of rotatable bonds is 4. The quantitative estimate of drug-likeness (QED) is 0.761. The number of fused-ring (bicyclic) bond motifs is 1. The summed E-state index contributed by atoms with van der Waals surface area (Å²) in [5, 5.41) is 7.52. The lowest BCUT2D eigenvalue weighted by molar-refractivity contribution is -0.118. The van der Waals surface area contributed by atoms with Crippen LogP contribution in [0.3, 0.4) is 0 Å². The fourth-order valence-corrected chi connectivity index (χ4v) is 2.37. The Morgan fingerprint density at radius 3 is 2.87 bits per heavy atom. The number of hydrogen-bond acceptors (Lipinski definition) is 4. The monoisotopic (exact) mass is 309 g/mol. The van der Waals surface area contributed by atoms with Crippen molar-refractivity contribution in [3.63, 3.8) is 0 Å². The number of nitrogens with two attached hydrogens (primary N) is 1. The molecule has 0 aliphatic rings. The van der Waals surface area contributed by atoms with Gasteiger partial charge in [-0.3, -0.25) is 19.3 Å². The van der Waals surface area contributed by atoms with Crippen molar-refractivity contribution in [1.29, 1.82) is 0 Å². The number of aromatic nitrogens is 3. The lowest BCUT2D eigenvalue weighted by atomic mass is 10.1. The topological polar surface area (TPSA) is 103 Å². The Morgan fingerprint density at radius 2 is 2.09 bits per heavy atom. The Kier molecular flexibility index (Phi) is 3.76. The van der Waals surface area contributed by atoms with Gasteiger partial charge in [-0.25, -0.2) is 0 Å². The Bertz CT molecular complexity index is 900. The molecule has 3 rings (SSSR count). The second-order valence-electron chi connectivity index (χ2n) is 5.18. The first-order chi connectivity index (χ1) is 11.0. The van der Waals surface area contributed by atoms with Crippen LogP contribution < -0.4 is 11.1 Å². The molecule has 0 atom stereocenters. The first kappa shape index (κ1) is 14.7. The summed E-state index contributed by atoms with van der Waals surface area (Å²) in [6.45, 7) is 1.81. The largest absolute Gasteiger partial charge is 0.368 e. The van der Waals surface area contributed by atoms with Gasteiger partial charge in [0.1, 0.15) is 6.54 Å². The van der Waals surface area contributed by atoms with Gasteiger partial charge in [-0.05, 0) is 19.1 Å².